The quantitative estimate of drug-likeness (QED) is 0.893. The highest BCUT2D eigenvalue weighted by Gasteiger charge is 2.24. The van der Waals surface area contributed by atoms with Gasteiger partial charge in [-0.15, -0.1) is 0 Å². The van der Waals surface area contributed by atoms with Gasteiger partial charge in [0.2, 0.25) is 17.6 Å². The molecule has 1 aliphatic rings. The highest BCUT2D eigenvalue weighted by atomic mass is 19.3. The topological polar surface area (TPSA) is 97.1 Å². The van der Waals surface area contributed by atoms with Gasteiger partial charge in [-0.05, 0) is 25.0 Å². The molecule has 1 fully saturated rings. The van der Waals surface area contributed by atoms with Crippen molar-refractivity contribution in [3.8, 4) is 11.4 Å². The normalized spacial score (nSPS) is 17.6. The maximum absolute atomic E-state index is 12.5. The van der Waals surface area contributed by atoms with Crippen LogP contribution in [0, 0.1) is 0 Å². The molecule has 1 saturated heterocycles. The molecule has 2 aromatic rings. The third kappa shape index (κ3) is 3.55. The van der Waals surface area contributed by atoms with Gasteiger partial charge in [0.05, 0.1) is 0 Å². The first-order chi connectivity index (χ1) is 11.5. The smallest absolute Gasteiger partial charge is 0.315 e. The van der Waals surface area contributed by atoms with Gasteiger partial charge in [0.25, 0.3) is 5.89 Å². The van der Waals surface area contributed by atoms with Crippen molar-refractivity contribution in [3.63, 3.8) is 0 Å². The van der Waals surface area contributed by atoms with Gasteiger partial charge in [0, 0.05) is 17.7 Å². The minimum atomic E-state index is -2.84. The Hall–Kier alpha value is -2.84. The molecule has 2 heterocycles. The summed E-state index contributed by atoms with van der Waals surface area (Å²) in [6.45, 7) is 0. The van der Waals surface area contributed by atoms with Crippen LogP contribution in [-0.4, -0.2) is 28.0 Å². The van der Waals surface area contributed by atoms with E-state index in [0.717, 1.165) is 0 Å². The summed E-state index contributed by atoms with van der Waals surface area (Å²) in [7, 11) is 0. The molecule has 0 unspecified atom stereocenters. The van der Waals surface area contributed by atoms with E-state index in [0.29, 0.717) is 30.5 Å². The molecule has 1 atom stereocenters. The summed E-state index contributed by atoms with van der Waals surface area (Å²) in [6, 6.07) is 5.84. The van der Waals surface area contributed by atoms with E-state index in [2.05, 4.69) is 25.3 Å². The molecule has 24 heavy (non-hydrogen) atoms. The number of hydrogen-bond acceptors (Lipinski definition) is 5. The van der Waals surface area contributed by atoms with Crippen LogP contribution in [0.25, 0.3) is 11.4 Å². The Balaban J connectivity index is 1.72. The summed E-state index contributed by atoms with van der Waals surface area (Å²) in [5, 5.41) is 8.80. The summed E-state index contributed by atoms with van der Waals surface area (Å²) in [4.78, 5) is 27.1. The average Bonchev–Trinajstić information content (AvgIpc) is 3.05. The highest BCUT2D eigenvalue weighted by Crippen LogP contribution is 2.23. The molecular weight excluding hydrogens is 322 g/mol. The van der Waals surface area contributed by atoms with Crippen molar-refractivity contribution in [2.45, 2.75) is 31.7 Å². The van der Waals surface area contributed by atoms with Crippen molar-refractivity contribution in [2.24, 2.45) is 0 Å². The molecular formula is C15H14F2N4O3. The van der Waals surface area contributed by atoms with Gasteiger partial charge < -0.3 is 15.2 Å². The summed E-state index contributed by atoms with van der Waals surface area (Å²) in [5.41, 5.74) is 0.872. The minimum absolute atomic E-state index is 0.00682. The minimum Gasteiger partial charge on any atom is -0.344 e. The van der Waals surface area contributed by atoms with Crippen LogP contribution < -0.4 is 10.6 Å². The first-order valence-corrected chi connectivity index (χ1v) is 7.35. The Morgan fingerprint density at radius 2 is 2.25 bits per heavy atom. The number of aromatic nitrogens is 2. The number of nitrogens with zero attached hydrogens (tertiary/aromatic N) is 2. The number of nitrogens with one attached hydrogen (secondary N) is 2. The van der Waals surface area contributed by atoms with Gasteiger partial charge in [-0.3, -0.25) is 9.59 Å². The van der Waals surface area contributed by atoms with Crippen LogP contribution in [0.15, 0.2) is 28.8 Å². The second kappa shape index (κ2) is 6.73. The predicted octanol–water partition coefficient (Wildman–Crippen LogP) is 2.28. The maximum Gasteiger partial charge on any atom is 0.315 e. The van der Waals surface area contributed by atoms with Crippen LogP contribution in [0.2, 0.25) is 0 Å². The first kappa shape index (κ1) is 16.0. The second-order valence-electron chi connectivity index (χ2n) is 5.34. The standard InChI is InChI=1S/C15H14F2N4O3/c16-12(17)15-20-13(21-24-15)8-3-1-4-9(7-8)18-14(23)10-5-2-6-11(22)19-10/h1,3-4,7,10,12H,2,5-6H2,(H,18,23)(H,19,22)/t10-/m0/s1. The molecule has 1 aromatic carbocycles. The molecule has 2 amide bonds. The Labute approximate surface area is 135 Å². The number of piperidine rings is 1. The monoisotopic (exact) mass is 336 g/mol. The number of halogens is 2. The highest BCUT2D eigenvalue weighted by molar-refractivity contribution is 5.98. The Morgan fingerprint density at radius 3 is 2.96 bits per heavy atom. The van der Waals surface area contributed by atoms with Gasteiger partial charge in [0.15, 0.2) is 0 Å². The number of alkyl halides is 2. The molecule has 0 radical (unpaired) electrons. The molecule has 7 nitrogen and oxygen atoms in total. The number of amides is 2. The van der Waals surface area contributed by atoms with Gasteiger partial charge in [-0.1, -0.05) is 17.3 Å². The second-order valence-corrected chi connectivity index (χ2v) is 5.34. The zero-order valence-electron chi connectivity index (χ0n) is 12.5. The number of carbonyl (C=O) groups excluding carboxylic acids is 2. The first-order valence-electron chi connectivity index (χ1n) is 7.35. The summed E-state index contributed by atoms with van der Waals surface area (Å²) in [5.74, 6) is -1.24. The van der Waals surface area contributed by atoms with Crippen molar-refractivity contribution < 1.29 is 22.9 Å². The molecule has 0 bridgehead atoms. The lowest BCUT2D eigenvalue weighted by molar-refractivity contribution is -0.128. The molecule has 0 spiro atoms. The lowest BCUT2D eigenvalue weighted by Crippen LogP contribution is -2.46. The number of carbonyl (C=O) groups is 2. The van der Waals surface area contributed by atoms with Gasteiger partial charge in [-0.25, -0.2) is 0 Å². The van der Waals surface area contributed by atoms with Crippen molar-refractivity contribution in [3.05, 3.63) is 30.2 Å². The van der Waals surface area contributed by atoms with E-state index in [9.17, 15) is 18.4 Å². The van der Waals surface area contributed by atoms with Gasteiger partial charge in [-0.2, -0.15) is 13.8 Å². The summed E-state index contributed by atoms with van der Waals surface area (Å²) < 4.78 is 29.5. The van der Waals surface area contributed by atoms with Crippen molar-refractivity contribution in [1.29, 1.82) is 0 Å². The van der Waals surface area contributed by atoms with Crippen LogP contribution in [0.5, 0.6) is 0 Å². The van der Waals surface area contributed by atoms with Crippen LogP contribution in [-0.2, 0) is 9.59 Å². The third-order valence-electron chi connectivity index (χ3n) is 3.57. The van der Waals surface area contributed by atoms with Crippen LogP contribution in [0.1, 0.15) is 31.6 Å². The fraction of sp³-hybridized carbons (Fsp3) is 0.333. The van der Waals surface area contributed by atoms with E-state index in [-0.39, 0.29) is 17.6 Å². The van der Waals surface area contributed by atoms with Crippen molar-refractivity contribution in [1.82, 2.24) is 15.5 Å². The van der Waals surface area contributed by atoms with Crippen LogP contribution in [0.3, 0.4) is 0 Å². The zero-order chi connectivity index (χ0) is 17.1. The average molecular weight is 336 g/mol. The third-order valence-corrected chi connectivity index (χ3v) is 3.57. The molecule has 126 valence electrons. The molecule has 1 aliphatic heterocycles. The number of benzene rings is 1. The lowest BCUT2D eigenvalue weighted by atomic mass is 10.0. The van der Waals surface area contributed by atoms with E-state index in [4.69, 9.17) is 0 Å². The van der Waals surface area contributed by atoms with Gasteiger partial charge in [0.1, 0.15) is 6.04 Å². The Morgan fingerprint density at radius 1 is 1.42 bits per heavy atom. The predicted molar refractivity (Wildman–Crippen MR) is 79.1 cm³/mol. The number of anilines is 1. The molecule has 0 aliphatic carbocycles. The van der Waals surface area contributed by atoms with E-state index in [1.165, 1.54) is 0 Å². The van der Waals surface area contributed by atoms with E-state index in [1.807, 2.05) is 0 Å². The van der Waals surface area contributed by atoms with E-state index in [1.54, 1.807) is 24.3 Å². The number of hydrogen-bond donors (Lipinski definition) is 2. The van der Waals surface area contributed by atoms with E-state index < -0.39 is 18.4 Å². The fourth-order valence-corrected chi connectivity index (χ4v) is 2.41. The van der Waals surface area contributed by atoms with Crippen molar-refractivity contribution in [2.75, 3.05) is 5.32 Å². The fourth-order valence-electron chi connectivity index (χ4n) is 2.41. The molecule has 2 N–H and O–H groups in total. The molecule has 1 aromatic heterocycles. The molecule has 9 heteroatoms. The molecule has 3 rings (SSSR count). The van der Waals surface area contributed by atoms with Crippen LogP contribution >= 0.6 is 0 Å². The number of rotatable bonds is 4. The molecule has 0 saturated carbocycles. The van der Waals surface area contributed by atoms with E-state index >= 15 is 0 Å². The Kier molecular flexibility index (Phi) is 4.50. The van der Waals surface area contributed by atoms with Crippen LogP contribution in [0.4, 0.5) is 14.5 Å². The lowest BCUT2D eigenvalue weighted by Gasteiger charge is -2.22. The van der Waals surface area contributed by atoms with Gasteiger partial charge >= 0.3 is 6.43 Å². The summed E-state index contributed by atoms with van der Waals surface area (Å²) >= 11 is 0. The zero-order valence-corrected chi connectivity index (χ0v) is 12.5. The Bertz CT molecular complexity index is 763. The summed E-state index contributed by atoms with van der Waals surface area (Å²) in [6.07, 6.45) is -1.20. The SMILES string of the molecule is O=C1CCC[C@@H](C(=O)Nc2cccc(-c3noc(C(F)F)n3)c2)N1. The van der Waals surface area contributed by atoms with Crippen molar-refractivity contribution >= 4 is 17.5 Å². The largest absolute Gasteiger partial charge is 0.344 e. The maximum atomic E-state index is 12.5.